The average molecular weight is 246 g/mol. The molecule has 0 bridgehead atoms. The van der Waals surface area contributed by atoms with Crippen LogP contribution in [-0.4, -0.2) is 30.5 Å². The molecule has 1 N–H and O–H groups in total. The largest absolute Gasteiger partial charge is 0.497 e. The van der Waals surface area contributed by atoms with Crippen LogP contribution >= 0.6 is 0 Å². The predicted molar refractivity (Wildman–Crippen MR) is 66.9 cm³/mol. The van der Waals surface area contributed by atoms with Gasteiger partial charge in [0.1, 0.15) is 11.4 Å². The Kier molecular flexibility index (Phi) is 3.32. The molecule has 5 heteroatoms. The first kappa shape index (κ1) is 12.2. The summed E-state index contributed by atoms with van der Waals surface area (Å²) in [6.07, 6.45) is 1.64. The molecule has 1 fully saturated rings. The molecule has 1 aromatic carbocycles. The number of hydrogen-bond donors (Lipinski definition) is 1. The molecule has 1 saturated heterocycles. The number of methoxy groups -OCH3 is 1. The van der Waals surface area contributed by atoms with Crippen LogP contribution < -0.4 is 10.1 Å². The van der Waals surface area contributed by atoms with Gasteiger partial charge >= 0.3 is 6.03 Å². The Hall–Kier alpha value is -2.30. The lowest BCUT2D eigenvalue weighted by Gasteiger charge is -2.06. The fourth-order valence-corrected chi connectivity index (χ4v) is 1.76. The van der Waals surface area contributed by atoms with Crippen LogP contribution in [-0.2, 0) is 4.79 Å². The topological polar surface area (TPSA) is 58.6 Å². The third kappa shape index (κ3) is 2.20. The van der Waals surface area contributed by atoms with Crippen LogP contribution in [0.3, 0.4) is 0 Å². The van der Waals surface area contributed by atoms with Crippen molar-refractivity contribution in [2.45, 2.75) is 6.92 Å². The van der Waals surface area contributed by atoms with Gasteiger partial charge in [-0.15, -0.1) is 0 Å². The van der Waals surface area contributed by atoms with Gasteiger partial charge in [-0.3, -0.25) is 9.69 Å². The highest BCUT2D eigenvalue weighted by atomic mass is 16.5. The molecule has 0 unspecified atom stereocenters. The van der Waals surface area contributed by atoms with Gasteiger partial charge in [-0.25, -0.2) is 4.79 Å². The van der Waals surface area contributed by atoms with Gasteiger partial charge < -0.3 is 10.1 Å². The van der Waals surface area contributed by atoms with E-state index in [1.807, 2.05) is 18.2 Å². The predicted octanol–water partition coefficient (Wildman–Crippen LogP) is 1.61. The molecule has 94 valence electrons. The fourth-order valence-electron chi connectivity index (χ4n) is 1.76. The third-order valence-corrected chi connectivity index (χ3v) is 2.68. The summed E-state index contributed by atoms with van der Waals surface area (Å²) < 4.78 is 5.10. The molecule has 0 atom stereocenters. The van der Waals surface area contributed by atoms with Gasteiger partial charge in [0, 0.05) is 6.54 Å². The number of urea groups is 1. The number of hydrogen-bond acceptors (Lipinski definition) is 3. The van der Waals surface area contributed by atoms with Gasteiger partial charge in [0.15, 0.2) is 0 Å². The van der Waals surface area contributed by atoms with Crippen LogP contribution in [0.1, 0.15) is 12.5 Å². The van der Waals surface area contributed by atoms with Crippen molar-refractivity contribution < 1.29 is 14.3 Å². The van der Waals surface area contributed by atoms with Crippen molar-refractivity contribution in [3.8, 4) is 5.75 Å². The number of nitrogens with zero attached hydrogens (tertiary/aromatic N) is 1. The van der Waals surface area contributed by atoms with Crippen LogP contribution in [0.2, 0.25) is 0 Å². The minimum atomic E-state index is -0.378. The molecule has 5 nitrogen and oxygen atoms in total. The van der Waals surface area contributed by atoms with E-state index < -0.39 is 0 Å². The summed E-state index contributed by atoms with van der Waals surface area (Å²) >= 11 is 0. The second-order valence-electron chi connectivity index (χ2n) is 3.81. The Labute approximate surface area is 105 Å². The Morgan fingerprint density at radius 1 is 1.39 bits per heavy atom. The minimum Gasteiger partial charge on any atom is -0.497 e. The number of imide groups is 1. The standard InChI is InChI=1S/C13H14N2O3/c1-3-15-12(16)11(14-13(15)17)8-9-5-4-6-10(7-9)18-2/h4-8H,3H2,1-2H3,(H,14,17)/b11-8+. The number of likely N-dealkylation sites (N-methyl/N-ethyl adjacent to an activating group) is 1. The first-order valence-electron chi connectivity index (χ1n) is 5.64. The zero-order valence-corrected chi connectivity index (χ0v) is 10.3. The highest BCUT2D eigenvalue weighted by molar-refractivity contribution is 6.13. The van der Waals surface area contributed by atoms with Crippen molar-refractivity contribution in [3.05, 3.63) is 35.5 Å². The molecular formula is C13H14N2O3. The maximum Gasteiger partial charge on any atom is 0.328 e. The number of carbonyl (C=O) groups excluding carboxylic acids is 2. The maximum atomic E-state index is 11.8. The minimum absolute atomic E-state index is 0.287. The summed E-state index contributed by atoms with van der Waals surface area (Å²) in [5.41, 5.74) is 1.09. The van der Waals surface area contributed by atoms with Crippen LogP contribution in [0.4, 0.5) is 4.79 Å². The second-order valence-corrected chi connectivity index (χ2v) is 3.81. The van der Waals surface area contributed by atoms with E-state index >= 15 is 0 Å². The summed E-state index contributed by atoms with van der Waals surface area (Å²) in [5.74, 6) is 0.402. The van der Waals surface area contributed by atoms with Gasteiger partial charge in [-0.1, -0.05) is 12.1 Å². The fraction of sp³-hybridized carbons (Fsp3) is 0.231. The van der Waals surface area contributed by atoms with Gasteiger partial charge in [0.2, 0.25) is 0 Å². The lowest BCUT2D eigenvalue weighted by molar-refractivity contribution is -0.122. The van der Waals surface area contributed by atoms with E-state index in [0.29, 0.717) is 12.3 Å². The van der Waals surface area contributed by atoms with Gasteiger partial charge in [-0.05, 0) is 30.7 Å². The van der Waals surface area contributed by atoms with Crippen LogP contribution in [0.15, 0.2) is 30.0 Å². The van der Waals surface area contributed by atoms with E-state index in [1.54, 1.807) is 26.2 Å². The van der Waals surface area contributed by atoms with Crippen molar-refractivity contribution in [2.24, 2.45) is 0 Å². The van der Waals surface area contributed by atoms with E-state index in [1.165, 1.54) is 0 Å². The normalized spacial score (nSPS) is 17.2. The lowest BCUT2D eigenvalue weighted by atomic mass is 10.2. The third-order valence-electron chi connectivity index (χ3n) is 2.68. The highest BCUT2D eigenvalue weighted by Gasteiger charge is 2.31. The summed E-state index contributed by atoms with van der Waals surface area (Å²) in [5, 5.41) is 2.55. The first-order chi connectivity index (χ1) is 8.65. The summed E-state index contributed by atoms with van der Waals surface area (Å²) in [4.78, 5) is 24.5. The van der Waals surface area contributed by atoms with Gasteiger partial charge in [-0.2, -0.15) is 0 Å². The monoisotopic (exact) mass is 246 g/mol. The van der Waals surface area contributed by atoms with E-state index in [-0.39, 0.29) is 17.6 Å². The van der Waals surface area contributed by atoms with Crippen LogP contribution in [0.5, 0.6) is 5.75 Å². The molecule has 1 aromatic rings. The number of benzene rings is 1. The quantitative estimate of drug-likeness (QED) is 0.651. The van der Waals surface area contributed by atoms with E-state index in [2.05, 4.69) is 5.32 Å². The zero-order valence-electron chi connectivity index (χ0n) is 10.3. The molecule has 1 heterocycles. The molecule has 0 saturated carbocycles. The molecule has 0 aliphatic carbocycles. The highest BCUT2D eigenvalue weighted by Crippen LogP contribution is 2.17. The molecule has 0 aromatic heterocycles. The number of ether oxygens (including phenoxy) is 1. The van der Waals surface area contributed by atoms with E-state index in [0.717, 1.165) is 10.5 Å². The summed E-state index contributed by atoms with van der Waals surface area (Å²) in [6.45, 7) is 2.12. The smallest absolute Gasteiger partial charge is 0.328 e. The Balaban J connectivity index is 2.28. The van der Waals surface area contributed by atoms with Crippen molar-refractivity contribution in [2.75, 3.05) is 13.7 Å². The van der Waals surface area contributed by atoms with Gasteiger partial charge in [0.05, 0.1) is 7.11 Å². The molecule has 3 amide bonds. The average Bonchev–Trinajstić information content (AvgIpc) is 2.64. The zero-order chi connectivity index (χ0) is 13.1. The van der Waals surface area contributed by atoms with Crippen molar-refractivity contribution >= 4 is 18.0 Å². The molecular weight excluding hydrogens is 232 g/mol. The van der Waals surface area contributed by atoms with Crippen molar-refractivity contribution in [1.82, 2.24) is 10.2 Å². The Morgan fingerprint density at radius 3 is 2.78 bits per heavy atom. The SMILES string of the molecule is CCN1C(=O)N/C(=C/c2cccc(OC)c2)C1=O. The molecule has 1 aliphatic rings. The molecule has 1 aliphatic heterocycles. The summed E-state index contributed by atoms with van der Waals surface area (Å²) in [6, 6.07) is 6.89. The van der Waals surface area contributed by atoms with Crippen molar-refractivity contribution in [3.63, 3.8) is 0 Å². The number of amides is 3. The first-order valence-corrected chi connectivity index (χ1v) is 5.64. The maximum absolute atomic E-state index is 11.8. The van der Waals surface area contributed by atoms with Crippen molar-refractivity contribution in [1.29, 1.82) is 0 Å². The number of nitrogens with one attached hydrogen (secondary N) is 1. The molecule has 2 rings (SSSR count). The molecule has 0 radical (unpaired) electrons. The second kappa shape index (κ2) is 4.91. The van der Waals surface area contributed by atoms with Crippen LogP contribution in [0, 0.1) is 0 Å². The Morgan fingerprint density at radius 2 is 2.17 bits per heavy atom. The lowest BCUT2D eigenvalue weighted by Crippen LogP contribution is -2.30. The molecule has 0 spiro atoms. The summed E-state index contributed by atoms with van der Waals surface area (Å²) in [7, 11) is 1.58. The van der Waals surface area contributed by atoms with Gasteiger partial charge in [0.25, 0.3) is 5.91 Å². The molecule has 18 heavy (non-hydrogen) atoms. The van der Waals surface area contributed by atoms with Crippen LogP contribution in [0.25, 0.3) is 6.08 Å². The van der Waals surface area contributed by atoms with E-state index in [4.69, 9.17) is 4.74 Å². The Bertz CT molecular complexity index is 523. The number of rotatable bonds is 3. The van der Waals surface area contributed by atoms with E-state index in [9.17, 15) is 9.59 Å². The number of carbonyl (C=O) groups is 2.